The van der Waals surface area contributed by atoms with Gasteiger partial charge >= 0.3 is 0 Å². The summed E-state index contributed by atoms with van der Waals surface area (Å²) in [4.78, 5) is 5.00. The summed E-state index contributed by atoms with van der Waals surface area (Å²) in [5.41, 5.74) is 18.0. The van der Waals surface area contributed by atoms with E-state index in [0.717, 1.165) is 0 Å². The average molecular weight is 655 g/mol. The standard InChI is InChI=1S/C48H39BN2/c1-4-13-34(14-5-1)36-23-25-37(26-24-36)38-27-30-41(31-28-38)51-44-20-11-10-19-42(44)49-43-33-39(35-15-6-2-7-16-35)29-32-45(43)50(40-17-8-3-9-18-40)46-21-12-22-47(51)48(46)49/h1,3-5,8-14,17-33,35H,2,6-7,15-16H2. The predicted molar refractivity (Wildman–Crippen MR) is 217 cm³/mol. The van der Waals surface area contributed by atoms with E-state index >= 15 is 0 Å². The number of benzene rings is 7. The first kappa shape index (κ1) is 30.1. The van der Waals surface area contributed by atoms with E-state index in [1.54, 1.807) is 0 Å². The summed E-state index contributed by atoms with van der Waals surface area (Å²) in [6.45, 7) is 0.157. The molecule has 2 heterocycles. The van der Waals surface area contributed by atoms with E-state index < -0.39 is 0 Å². The second kappa shape index (κ2) is 12.5. The van der Waals surface area contributed by atoms with E-state index in [0.29, 0.717) is 5.92 Å². The van der Waals surface area contributed by atoms with Crippen molar-refractivity contribution in [1.82, 2.24) is 0 Å². The van der Waals surface area contributed by atoms with Crippen molar-refractivity contribution in [3.05, 3.63) is 175 Å². The number of rotatable bonds is 5. The number of anilines is 6. The Hall–Kier alpha value is -5.80. The molecule has 0 unspecified atom stereocenters. The molecule has 0 aromatic heterocycles. The van der Waals surface area contributed by atoms with E-state index in [2.05, 4.69) is 180 Å². The van der Waals surface area contributed by atoms with Gasteiger partial charge in [-0.1, -0.05) is 141 Å². The zero-order valence-corrected chi connectivity index (χ0v) is 28.8. The summed E-state index contributed by atoms with van der Waals surface area (Å²) >= 11 is 0. The number of para-hydroxylation sites is 2. The topological polar surface area (TPSA) is 6.48 Å². The van der Waals surface area contributed by atoms with Crippen LogP contribution in [0.1, 0.15) is 43.6 Å². The van der Waals surface area contributed by atoms with Crippen LogP contribution in [0.25, 0.3) is 22.3 Å². The molecule has 0 saturated heterocycles. The lowest BCUT2D eigenvalue weighted by molar-refractivity contribution is 0.444. The fraction of sp³-hybridized carbons (Fsp3) is 0.125. The molecule has 7 aromatic carbocycles. The first-order chi connectivity index (χ1) is 25.3. The van der Waals surface area contributed by atoms with Gasteiger partial charge in [0, 0.05) is 34.1 Å². The Balaban J connectivity index is 1.10. The van der Waals surface area contributed by atoms with Gasteiger partial charge in [0.15, 0.2) is 0 Å². The van der Waals surface area contributed by atoms with Crippen LogP contribution in [0.15, 0.2) is 170 Å². The number of hydrogen-bond donors (Lipinski definition) is 0. The molecule has 0 amide bonds. The monoisotopic (exact) mass is 654 g/mol. The molecule has 0 radical (unpaired) electrons. The molecule has 0 atom stereocenters. The van der Waals surface area contributed by atoms with Crippen LogP contribution in [-0.4, -0.2) is 6.71 Å². The smallest absolute Gasteiger partial charge is 0.252 e. The molecule has 7 aromatic rings. The van der Waals surface area contributed by atoms with Gasteiger partial charge < -0.3 is 9.80 Å². The van der Waals surface area contributed by atoms with Crippen molar-refractivity contribution in [2.24, 2.45) is 0 Å². The second-order valence-corrected chi connectivity index (χ2v) is 14.4. The number of fused-ring (bicyclic) bond motifs is 4. The third kappa shape index (κ3) is 5.10. The lowest BCUT2D eigenvalue weighted by Gasteiger charge is -2.44. The number of hydrogen-bond acceptors (Lipinski definition) is 2. The molecule has 0 N–H and O–H groups in total. The van der Waals surface area contributed by atoms with Crippen LogP contribution in [0.5, 0.6) is 0 Å². The van der Waals surface area contributed by atoms with Gasteiger partial charge in [-0.15, -0.1) is 0 Å². The van der Waals surface area contributed by atoms with Crippen molar-refractivity contribution in [3.8, 4) is 22.3 Å². The third-order valence-electron chi connectivity index (χ3n) is 11.5. The van der Waals surface area contributed by atoms with Crippen molar-refractivity contribution >= 4 is 57.2 Å². The van der Waals surface area contributed by atoms with E-state index in [4.69, 9.17) is 0 Å². The Morgan fingerprint density at radius 1 is 0.392 bits per heavy atom. The van der Waals surface area contributed by atoms with Crippen LogP contribution in [0, 0.1) is 0 Å². The average Bonchev–Trinajstić information content (AvgIpc) is 3.22. The van der Waals surface area contributed by atoms with Crippen LogP contribution in [-0.2, 0) is 0 Å². The minimum Gasteiger partial charge on any atom is -0.311 e. The molecule has 1 aliphatic carbocycles. The molecule has 3 aliphatic rings. The van der Waals surface area contributed by atoms with Crippen LogP contribution < -0.4 is 26.2 Å². The first-order valence-electron chi connectivity index (χ1n) is 18.6. The Bertz CT molecular complexity index is 2340. The van der Waals surface area contributed by atoms with Crippen molar-refractivity contribution in [3.63, 3.8) is 0 Å². The second-order valence-electron chi connectivity index (χ2n) is 14.4. The zero-order valence-electron chi connectivity index (χ0n) is 28.8. The Morgan fingerprint density at radius 2 is 0.902 bits per heavy atom. The molecular weight excluding hydrogens is 615 g/mol. The highest BCUT2D eigenvalue weighted by molar-refractivity contribution is 7.00. The van der Waals surface area contributed by atoms with Gasteiger partial charge in [0.05, 0.1) is 0 Å². The molecule has 244 valence electrons. The van der Waals surface area contributed by atoms with Crippen molar-refractivity contribution in [2.75, 3.05) is 9.80 Å². The molecule has 0 bridgehead atoms. The van der Waals surface area contributed by atoms with Gasteiger partial charge in [0.1, 0.15) is 0 Å². The number of nitrogens with zero attached hydrogens (tertiary/aromatic N) is 2. The van der Waals surface area contributed by atoms with Gasteiger partial charge in [-0.25, -0.2) is 0 Å². The summed E-state index contributed by atoms with van der Waals surface area (Å²) in [6.07, 6.45) is 6.64. The lowest BCUT2D eigenvalue weighted by Crippen LogP contribution is -2.61. The zero-order chi connectivity index (χ0) is 33.7. The molecule has 2 aliphatic heterocycles. The highest BCUT2D eigenvalue weighted by Crippen LogP contribution is 2.45. The van der Waals surface area contributed by atoms with E-state index in [-0.39, 0.29) is 6.71 Å². The Labute approximate surface area is 301 Å². The maximum atomic E-state index is 2.58. The Morgan fingerprint density at radius 3 is 1.57 bits per heavy atom. The SMILES string of the molecule is c1ccc(-c2ccc(-c3ccc(N4c5ccccc5B5c6cc(C7CCCCC7)ccc6N(c6ccccc6)c6cccc4c65)cc3)cc2)cc1. The maximum absolute atomic E-state index is 2.58. The fourth-order valence-electron chi connectivity index (χ4n) is 9.02. The summed E-state index contributed by atoms with van der Waals surface area (Å²) in [6, 6.07) is 63.0. The minimum absolute atomic E-state index is 0.157. The van der Waals surface area contributed by atoms with E-state index in [1.165, 1.54) is 110 Å². The predicted octanol–water partition coefficient (Wildman–Crippen LogP) is 11.2. The summed E-state index contributed by atoms with van der Waals surface area (Å²) in [5.74, 6) is 0.647. The summed E-state index contributed by atoms with van der Waals surface area (Å²) in [5, 5.41) is 0. The van der Waals surface area contributed by atoms with Gasteiger partial charge in [-0.05, 0) is 111 Å². The molecule has 10 rings (SSSR count). The molecule has 3 heteroatoms. The molecular formula is C48H39BN2. The highest BCUT2D eigenvalue weighted by atomic mass is 15.2. The van der Waals surface area contributed by atoms with Gasteiger partial charge in [-0.3, -0.25) is 0 Å². The van der Waals surface area contributed by atoms with Crippen molar-refractivity contribution in [1.29, 1.82) is 0 Å². The van der Waals surface area contributed by atoms with E-state index in [9.17, 15) is 0 Å². The molecule has 1 fully saturated rings. The van der Waals surface area contributed by atoms with Crippen LogP contribution in [0.3, 0.4) is 0 Å². The molecule has 0 spiro atoms. The first-order valence-corrected chi connectivity index (χ1v) is 18.6. The van der Waals surface area contributed by atoms with Gasteiger partial charge in [-0.2, -0.15) is 0 Å². The third-order valence-corrected chi connectivity index (χ3v) is 11.5. The lowest BCUT2D eigenvalue weighted by atomic mass is 9.33. The summed E-state index contributed by atoms with van der Waals surface area (Å²) < 4.78 is 0. The van der Waals surface area contributed by atoms with Gasteiger partial charge in [0.25, 0.3) is 6.71 Å². The van der Waals surface area contributed by atoms with Crippen molar-refractivity contribution in [2.45, 2.75) is 38.0 Å². The molecule has 2 nitrogen and oxygen atoms in total. The van der Waals surface area contributed by atoms with Gasteiger partial charge in [0.2, 0.25) is 0 Å². The Kier molecular flexibility index (Phi) is 7.38. The van der Waals surface area contributed by atoms with Crippen LogP contribution in [0.4, 0.5) is 34.1 Å². The van der Waals surface area contributed by atoms with Crippen LogP contribution in [0.2, 0.25) is 0 Å². The minimum atomic E-state index is 0.157. The summed E-state index contributed by atoms with van der Waals surface area (Å²) in [7, 11) is 0. The highest BCUT2D eigenvalue weighted by Gasteiger charge is 2.43. The van der Waals surface area contributed by atoms with Crippen molar-refractivity contribution < 1.29 is 0 Å². The molecule has 51 heavy (non-hydrogen) atoms. The van der Waals surface area contributed by atoms with Crippen LogP contribution >= 0.6 is 0 Å². The molecule has 1 saturated carbocycles. The van der Waals surface area contributed by atoms with E-state index in [1.807, 2.05) is 0 Å². The fourth-order valence-corrected chi connectivity index (χ4v) is 9.02. The normalized spacial score (nSPS) is 14.9. The maximum Gasteiger partial charge on any atom is 0.252 e. The largest absolute Gasteiger partial charge is 0.311 e. The quantitative estimate of drug-likeness (QED) is 0.170.